The molecule has 1 aliphatic heterocycles. The summed E-state index contributed by atoms with van der Waals surface area (Å²) in [7, 11) is 0. The van der Waals surface area contributed by atoms with Gasteiger partial charge in [0.2, 0.25) is 5.91 Å². The smallest absolute Gasteiger partial charge is 0.229 e. The highest BCUT2D eigenvalue weighted by Gasteiger charge is 2.44. The highest BCUT2D eigenvalue weighted by atomic mass is 32.1. The molecule has 0 spiro atoms. The number of carbonyl (C=O) groups excluding carboxylic acids is 1. The fourth-order valence-corrected chi connectivity index (χ4v) is 4.45. The molecule has 3 atom stereocenters. The summed E-state index contributed by atoms with van der Waals surface area (Å²) in [6.07, 6.45) is 7.13. The number of anilines is 1. The largest absolute Gasteiger partial charge is 0.302 e. The van der Waals surface area contributed by atoms with Crippen LogP contribution in [0.25, 0.3) is 0 Å². The van der Waals surface area contributed by atoms with Gasteiger partial charge >= 0.3 is 0 Å². The quantitative estimate of drug-likeness (QED) is 0.891. The van der Waals surface area contributed by atoms with Gasteiger partial charge in [-0.3, -0.25) is 14.7 Å². The molecule has 0 aromatic carbocycles. The molecular formula is C19H24N4OS. The maximum absolute atomic E-state index is 12.4. The first kappa shape index (κ1) is 16.7. The summed E-state index contributed by atoms with van der Waals surface area (Å²) in [6.45, 7) is 5.50. The van der Waals surface area contributed by atoms with Crippen molar-refractivity contribution in [2.75, 3.05) is 18.4 Å². The van der Waals surface area contributed by atoms with Gasteiger partial charge in [0.25, 0.3) is 0 Å². The van der Waals surface area contributed by atoms with Crippen molar-refractivity contribution >= 4 is 22.4 Å². The predicted octanol–water partition coefficient (Wildman–Crippen LogP) is 3.51. The first-order chi connectivity index (χ1) is 12.2. The Morgan fingerprint density at radius 2 is 2.40 bits per heavy atom. The zero-order valence-electron chi connectivity index (χ0n) is 14.5. The van der Waals surface area contributed by atoms with Gasteiger partial charge in [-0.2, -0.15) is 0 Å². The second-order valence-corrected chi connectivity index (χ2v) is 8.21. The number of nitrogens with one attached hydrogen (secondary N) is 1. The van der Waals surface area contributed by atoms with Crippen molar-refractivity contribution in [3.8, 4) is 0 Å². The van der Waals surface area contributed by atoms with Crippen LogP contribution in [0.4, 0.5) is 5.13 Å². The lowest BCUT2D eigenvalue weighted by Gasteiger charge is -2.30. The molecular weight excluding hydrogens is 332 g/mol. The molecule has 6 heteroatoms. The van der Waals surface area contributed by atoms with Crippen molar-refractivity contribution in [2.45, 2.75) is 38.6 Å². The fraction of sp³-hybridized carbons (Fsp3) is 0.526. The third-order valence-corrected chi connectivity index (χ3v) is 5.95. The van der Waals surface area contributed by atoms with Gasteiger partial charge in [0.05, 0.1) is 5.69 Å². The van der Waals surface area contributed by atoms with E-state index in [2.05, 4.69) is 32.5 Å². The molecule has 25 heavy (non-hydrogen) atoms. The summed E-state index contributed by atoms with van der Waals surface area (Å²) in [6, 6.07) is 3.98. The Labute approximate surface area is 152 Å². The van der Waals surface area contributed by atoms with E-state index >= 15 is 0 Å². The Hall–Kier alpha value is -1.79. The zero-order valence-corrected chi connectivity index (χ0v) is 15.3. The number of carbonyl (C=O) groups is 1. The first-order valence-electron chi connectivity index (χ1n) is 9.06. The van der Waals surface area contributed by atoms with Crippen molar-refractivity contribution in [1.29, 1.82) is 0 Å². The van der Waals surface area contributed by atoms with Crippen LogP contribution in [0.15, 0.2) is 29.9 Å². The summed E-state index contributed by atoms with van der Waals surface area (Å²) >= 11 is 1.53. The molecule has 2 aromatic rings. The van der Waals surface area contributed by atoms with Crippen LogP contribution in [-0.4, -0.2) is 33.9 Å². The van der Waals surface area contributed by atoms with E-state index in [1.54, 1.807) is 6.20 Å². The van der Waals surface area contributed by atoms with Gasteiger partial charge in [-0.15, -0.1) is 11.3 Å². The number of hydrogen-bond acceptors (Lipinski definition) is 5. The van der Waals surface area contributed by atoms with Gasteiger partial charge in [0.15, 0.2) is 5.13 Å². The summed E-state index contributed by atoms with van der Waals surface area (Å²) in [4.78, 5) is 23.6. The Balaban J connectivity index is 1.30. The number of aromatic nitrogens is 2. The van der Waals surface area contributed by atoms with Crippen LogP contribution in [0, 0.1) is 11.8 Å². The fourth-order valence-electron chi connectivity index (χ4n) is 3.74. The van der Waals surface area contributed by atoms with Crippen LogP contribution in [-0.2, 0) is 11.3 Å². The summed E-state index contributed by atoms with van der Waals surface area (Å²) in [5.74, 6) is 1.22. The second kappa shape index (κ2) is 7.22. The molecule has 1 saturated heterocycles. The third kappa shape index (κ3) is 4.07. The molecule has 0 bridgehead atoms. The van der Waals surface area contributed by atoms with Gasteiger partial charge in [0.1, 0.15) is 0 Å². The van der Waals surface area contributed by atoms with Crippen LogP contribution in [0.5, 0.6) is 0 Å². The van der Waals surface area contributed by atoms with E-state index in [1.165, 1.54) is 24.2 Å². The number of thiazole rings is 1. The molecule has 2 aromatic heterocycles. The number of hydrogen-bond donors (Lipinski definition) is 1. The highest BCUT2D eigenvalue weighted by Crippen LogP contribution is 2.47. The van der Waals surface area contributed by atoms with Crippen LogP contribution in [0.3, 0.4) is 0 Å². The molecule has 4 rings (SSSR count). The van der Waals surface area contributed by atoms with Crippen molar-refractivity contribution in [1.82, 2.24) is 14.9 Å². The monoisotopic (exact) mass is 356 g/mol. The van der Waals surface area contributed by atoms with E-state index < -0.39 is 0 Å². The number of amides is 1. The van der Waals surface area contributed by atoms with Crippen molar-refractivity contribution in [3.05, 3.63) is 41.2 Å². The maximum atomic E-state index is 12.4. The molecule has 1 saturated carbocycles. The van der Waals surface area contributed by atoms with Gasteiger partial charge in [-0.05, 0) is 49.3 Å². The number of rotatable bonds is 5. The van der Waals surface area contributed by atoms with E-state index in [4.69, 9.17) is 0 Å². The van der Waals surface area contributed by atoms with Gasteiger partial charge in [-0.25, -0.2) is 4.98 Å². The minimum Gasteiger partial charge on any atom is -0.302 e. The Morgan fingerprint density at radius 1 is 1.48 bits per heavy atom. The molecule has 1 N–H and O–H groups in total. The van der Waals surface area contributed by atoms with Gasteiger partial charge in [0, 0.05) is 36.8 Å². The molecule has 1 aliphatic carbocycles. The standard InChI is InChI=1S/C19H24N4OS/c1-13-4-3-7-23(10-13)11-15-12-25-19(21-15)22-18(24)17-8-16(17)14-5-2-6-20-9-14/h2,5-6,9,12-13,16-17H,3-4,7-8,10-11H2,1H3,(H,21,22,24). The zero-order chi connectivity index (χ0) is 17.2. The Kier molecular flexibility index (Phi) is 4.81. The van der Waals surface area contributed by atoms with Crippen LogP contribution >= 0.6 is 11.3 Å². The Morgan fingerprint density at radius 3 is 3.20 bits per heavy atom. The average molecular weight is 356 g/mol. The van der Waals surface area contributed by atoms with Crippen molar-refractivity contribution in [3.63, 3.8) is 0 Å². The SMILES string of the molecule is CC1CCCN(Cc2csc(NC(=O)C3CC3c3cccnc3)n2)C1. The van der Waals surface area contributed by atoms with E-state index in [1.807, 2.05) is 18.3 Å². The van der Waals surface area contributed by atoms with Gasteiger partial charge in [-0.1, -0.05) is 13.0 Å². The first-order valence-corrected chi connectivity index (χ1v) is 9.94. The normalized spacial score (nSPS) is 26.4. The summed E-state index contributed by atoms with van der Waals surface area (Å²) in [5, 5.41) is 5.79. The van der Waals surface area contributed by atoms with E-state index in [0.29, 0.717) is 5.92 Å². The van der Waals surface area contributed by atoms with Crippen LogP contribution in [0.1, 0.15) is 43.4 Å². The van der Waals surface area contributed by atoms with Crippen molar-refractivity contribution < 1.29 is 4.79 Å². The second-order valence-electron chi connectivity index (χ2n) is 7.35. The molecule has 3 heterocycles. The third-order valence-electron chi connectivity index (χ3n) is 5.15. The predicted molar refractivity (Wildman–Crippen MR) is 99.5 cm³/mol. The molecule has 3 unspecified atom stereocenters. The molecule has 1 amide bonds. The number of likely N-dealkylation sites (tertiary alicyclic amines) is 1. The van der Waals surface area contributed by atoms with Crippen LogP contribution in [0.2, 0.25) is 0 Å². The molecule has 2 fully saturated rings. The number of piperidine rings is 1. The lowest BCUT2D eigenvalue weighted by Crippen LogP contribution is -2.33. The molecule has 132 valence electrons. The molecule has 2 aliphatic rings. The van der Waals surface area contributed by atoms with Crippen LogP contribution < -0.4 is 5.32 Å². The summed E-state index contributed by atoms with van der Waals surface area (Å²) < 4.78 is 0. The minimum atomic E-state index is 0.0551. The topological polar surface area (TPSA) is 58.1 Å². The highest BCUT2D eigenvalue weighted by molar-refractivity contribution is 7.13. The summed E-state index contributed by atoms with van der Waals surface area (Å²) in [5.41, 5.74) is 2.22. The van der Waals surface area contributed by atoms with Gasteiger partial charge < -0.3 is 5.32 Å². The maximum Gasteiger partial charge on any atom is 0.229 e. The lowest BCUT2D eigenvalue weighted by atomic mass is 10.0. The molecule has 5 nitrogen and oxygen atoms in total. The Bertz CT molecular complexity index is 732. The number of nitrogens with zero attached hydrogens (tertiary/aromatic N) is 3. The van der Waals surface area contributed by atoms with E-state index in [-0.39, 0.29) is 11.8 Å². The average Bonchev–Trinajstić information content (AvgIpc) is 3.31. The lowest BCUT2D eigenvalue weighted by molar-refractivity contribution is -0.117. The van der Waals surface area contributed by atoms with Crippen molar-refractivity contribution in [2.24, 2.45) is 11.8 Å². The van der Waals surface area contributed by atoms with E-state index in [9.17, 15) is 4.79 Å². The number of pyridine rings is 1. The minimum absolute atomic E-state index is 0.0551. The van der Waals surface area contributed by atoms with E-state index in [0.717, 1.165) is 48.4 Å². The molecule has 0 radical (unpaired) electrons.